The van der Waals surface area contributed by atoms with E-state index in [2.05, 4.69) is 15.3 Å². The van der Waals surface area contributed by atoms with Crippen LogP contribution in [0.15, 0.2) is 42.9 Å². The van der Waals surface area contributed by atoms with Crippen molar-refractivity contribution in [2.45, 2.75) is 32.5 Å². The molecule has 0 fully saturated rings. The highest BCUT2D eigenvalue weighted by molar-refractivity contribution is 5.94. The third-order valence-corrected chi connectivity index (χ3v) is 3.90. The number of alkyl halides is 3. The van der Waals surface area contributed by atoms with Gasteiger partial charge in [-0.3, -0.25) is 14.2 Å². The lowest BCUT2D eigenvalue weighted by Gasteiger charge is -2.09. The van der Waals surface area contributed by atoms with E-state index >= 15 is 0 Å². The lowest BCUT2D eigenvalue weighted by Crippen LogP contribution is -2.25. The molecular formula is C18H17F3N4O. The molecule has 136 valence electrons. The van der Waals surface area contributed by atoms with Crippen LogP contribution in [-0.2, 0) is 19.1 Å². The van der Waals surface area contributed by atoms with Gasteiger partial charge in [-0.15, -0.1) is 0 Å². The summed E-state index contributed by atoms with van der Waals surface area (Å²) in [7, 11) is 0. The van der Waals surface area contributed by atoms with Crippen molar-refractivity contribution in [2.24, 2.45) is 0 Å². The van der Waals surface area contributed by atoms with E-state index in [0.29, 0.717) is 17.8 Å². The Morgan fingerprint density at radius 3 is 2.73 bits per heavy atom. The molecule has 1 amide bonds. The Morgan fingerprint density at radius 1 is 1.27 bits per heavy atom. The first kappa shape index (κ1) is 17.9. The second-order valence-electron chi connectivity index (χ2n) is 5.84. The van der Waals surface area contributed by atoms with Gasteiger partial charge in [-0.05, 0) is 30.2 Å². The van der Waals surface area contributed by atoms with E-state index in [1.165, 1.54) is 10.5 Å². The number of hydrogen-bond donors (Lipinski definition) is 1. The van der Waals surface area contributed by atoms with E-state index in [1.807, 2.05) is 6.92 Å². The summed E-state index contributed by atoms with van der Waals surface area (Å²) in [5.74, 6) is -0.468. The summed E-state index contributed by atoms with van der Waals surface area (Å²) in [4.78, 5) is 21.0. The fraction of sp³-hybridized carbons (Fsp3) is 0.278. The molecule has 3 rings (SSSR count). The van der Waals surface area contributed by atoms with Crippen molar-refractivity contribution in [2.75, 3.05) is 0 Å². The topological polar surface area (TPSA) is 59.3 Å². The van der Waals surface area contributed by atoms with Crippen LogP contribution in [0.4, 0.5) is 13.2 Å². The minimum Gasteiger partial charge on any atom is -0.347 e. The Hall–Kier alpha value is -2.90. The van der Waals surface area contributed by atoms with Gasteiger partial charge in [0, 0.05) is 25.1 Å². The first-order valence-corrected chi connectivity index (χ1v) is 8.15. The number of fused-ring (bicyclic) bond motifs is 1. The Morgan fingerprint density at radius 2 is 2.08 bits per heavy atom. The first-order valence-electron chi connectivity index (χ1n) is 8.15. The summed E-state index contributed by atoms with van der Waals surface area (Å²) in [5, 5.41) is 2.73. The van der Waals surface area contributed by atoms with Crippen LogP contribution in [-0.4, -0.2) is 20.3 Å². The van der Waals surface area contributed by atoms with Crippen molar-refractivity contribution in [3.05, 3.63) is 65.4 Å². The number of aryl methyl sites for hydroxylation is 1. The fourth-order valence-corrected chi connectivity index (χ4v) is 2.68. The highest BCUT2D eigenvalue weighted by Crippen LogP contribution is 2.30. The highest BCUT2D eigenvalue weighted by Gasteiger charge is 2.31. The molecule has 0 aromatic carbocycles. The van der Waals surface area contributed by atoms with Gasteiger partial charge in [-0.2, -0.15) is 13.2 Å². The van der Waals surface area contributed by atoms with E-state index in [9.17, 15) is 18.0 Å². The number of halogens is 3. The predicted molar refractivity (Wildman–Crippen MR) is 89.6 cm³/mol. The fourth-order valence-electron chi connectivity index (χ4n) is 2.68. The third kappa shape index (κ3) is 3.68. The van der Waals surface area contributed by atoms with E-state index in [0.717, 1.165) is 24.2 Å². The summed E-state index contributed by atoms with van der Waals surface area (Å²) < 4.78 is 40.3. The van der Waals surface area contributed by atoms with E-state index in [4.69, 9.17) is 0 Å². The molecule has 0 aliphatic carbocycles. The van der Waals surface area contributed by atoms with Crippen molar-refractivity contribution in [3.8, 4) is 0 Å². The van der Waals surface area contributed by atoms with Crippen LogP contribution >= 0.6 is 0 Å². The summed E-state index contributed by atoms with van der Waals surface area (Å²) >= 11 is 0. The number of nitrogens with one attached hydrogen (secondary N) is 1. The predicted octanol–water partition coefficient (Wildman–Crippen LogP) is 3.63. The van der Waals surface area contributed by atoms with Crippen LogP contribution in [0.1, 0.15) is 40.7 Å². The molecular weight excluding hydrogens is 345 g/mol. The summed E-state index contributed by atoms with van der Waals surface area (Å²) in [6, 6.07) is 5.79. The lowest BCUT2D eigenvalue weighted by atomic mass is 10.2. The third-order valence-electron chi connectivity index (χ3n) is 3.90. The normalized spacial score (nSPS) is 11.7. The molecule has 5 nitrogen and oxygen atoms in total. The summed E-state index contributed by atoms with van der Waals surface area (Å²) in [6.45, 7) is 2.15. The maximum atomic E-state index is 13.0. The van der Waals surface area contributed by atoms with E-state index < -0.39 is 17.6 Å². The van der Waals surface area contributed by atoms with Crippen LogP contribution < -0.4 is 5.32 Å². The zero-order chi connectivity index (χ0) is 18.7. The molecule has 0 saturated carbocycles. The number of amides is 1. The zero-order valence-electron chi connectivity index (χ0n) is 14.0. The van der Waals surface area contributed by atoms with Crippen molar-refractivity contribution in [1.82, 2.24) is 19.7 Å². The zero-order valence-corrected chi connectivity index (χ0v) is 14.0. The van der Waals surface area contributed by atoms with Gasteiger partial charge in [0.25, 0.3) is 5.91 Å². The average Bonchev–Trinajstić information content (AvgIpc) is 2.97. The monoisotopic (exact) mass is 362 g/mol. The quantitative estimate of drug-likeness (QED) is 0.754. The van der Waals surface area contributed by atoms with Crippen LogP contribution in [0, 0.1) is 0 Å². The molecule has 0 saturated heterocycles. The van der Waals surface area contributed by atoms with E-state index in [-0.39, 0.29) is 12.2 Å². The van der Waals surface area contributed by atoms with Crippen molar-refractivity contribution in [3.63, 3.8) is 0 Å². The highest BCUT2D eigenvalue weighted by atomic mass is 19.4. The standard InChI is InChI=1S/C18H17F3N4O/c1-2-4-14-16(17(26)23-10-12-5-3-8-22-9-12)25-11-13(18(19,20)21)6-7-15(25)24-14/h3,5-9,11H,2,4,10H2,1H3,(H,23,26). The number of pyridine rings is 2. The first-order chi connectivity index (χ1) is 12.4. The molecule has 3 aromatic rings. The molecule has 0 unspecified atom stereocenters. The Balaban J connectivity index is 1.98. The van der Waals surface area contributed by atoms with Crippen molar-refractivity contribution >= 4 is 11.6 Å². The number of imidazole rings is 1. The summed E-state index contributed by atoms with van der Waals surface area (Å²) in [5.41, 5.74) is 0.898. The Labute approximate surface area is 147 Å². The van der Waals surface area contributed by atoms with Crippen LogP contribution in [0.2, 0.25) is 0 Å². The minimum atomic E-state index is -4.49. The summed E-state index contributed by atoms with van der Waals surface area (Å²) in [6.07, 6.45) is 0.877. The number of aromatic nitrogens is 3. The smallest absolute Gasteiger partial charge is 0.347 e. The second kappa shape index (κ2) is 7.15. The van der Waals surface area contributed by atoms with Crippen LogP contribution in [0.3, 0.4) is 0 Å². The van der Waals surface area contributed by atoms with Gasteiger partial charge in [0.15, 0.2) is 0 Å². The molecule has 26 heavy (non-hydrogen) atoms. The average molecular weight is 362 g/mol. The lowest BCUT2D eigenvalue weighted by molar-refractivity contribution is -0.137. The van der Waals surface area contributed by atoms with Gasteiger partial charge >= 0.3 is 6.18 Å². The number of carbonyl (C=O) groups excluding carboxylic acids is 1. The molecule has 0 radical (unpaired) electrons. The molecule has 3 aromatic heterocycles. The maximum absolute atomic E-state index is 13.0. The van der Waals surface area contributed by atoms with Crippen LogP contribution in [0.5, 0.6) is 0 Å². The van der Waals surface area contributed by atoms with Gasteiger partial charge < -0.3 is 5.32 Å². The molecule has 0 spiro atoms. The van der Waals surface area contributed by atoms with Gasteiger partial charge in [0.1, 0.15) is 11.3 Å². The molecule has 0 atom stereocenters. The molecule has 3 heterocycles. The molecule has 1 N–H and O–H groups in total. The van der Waals surface area contributed by atoms with Crippen molar-refractivity contribution < 1.29 is 18.0 Å². The van der Waals surface area contributed by atoms with E-state index in [1.54, 1.807) is 24.5 Å². The SMILES string of the molecule is CCCc1nc2ccc(C(F)(F)F)cn2c1C(=O)NCc1cccnc1. The van der Waals surface area contributed by atoms with Gasteiger partial charge in [-0.25, -0.2) is 4.98 Å². The second-order valence-corrected chi connectivity index (χ2v) is 5.84. The largest absolute Gasteiger partial charge is 0.417 e. The molecule has 0 aliphatic rings. The Kier molecular flexibility index (Phi) is 4.92. The van der Waals surface area contributed by atoms with Crippen LogP contribution in [0.25, 0.3) is 5.65 Å². The molecule has 0 bridgehead atoms. The molecule has 0 aliphatic heterocycles. The Bertz CT molecular complexity index is 919. The minimum absolute atomic E-state index is 0.136. The van der Waals surface area contributed by atoms with Crippen molar-refractivity contribution in [1.29, 1.82) is 0 Å². The number of rotatable bonds is 5. The van der Waals surface area contributed by atoms with Gasteiger partial charge in [0.2, 0.25) is 0 Å². The van der Waals surface area contributed by atoms with Gasteiger partial charge in [0.05, 0.1) is 11.3 Å². The molecule has 8 heteroatoms. The maximum Gasteiger partial charge on any atom is 0.417 e. The number of carbonyl (C=O) groups is 1. The van der Waals surface area contributed by atoms with Gasteiger partial charge in [-0.1, -0.05) is 19.4 Å². The number of hydrogen-bond acceptors (Lipinski definition) is 3. The number of nitrogens with zero attached hydrogens (tertiary/aromatic N) is 3.